The summed E-state index contributed by atoms with van der Waals surface area (Å²) in [6, 6.07) is 7.37. The zero-order valence-corrected chi connectivity index (χ0v) is 13.4. The van der Waals surface area contributed by atoms with Crippen LogP contribution >= 0.6 is 0 Å². The largest absolute Gasteiger partial charge is 0.338 e. The van der Waals surface area contributed by atoms with Gasteiger partial charge in [0, 0.05) is 12.2 Å². The number of allylic oxidation sites excluding steroid dienone is 2. The van der Waals surface area contributed by atoms with Crippen molar-refractivity contribution < 1.29 is 4.79 Å². The van der Waals surface area contributed by atoms with Crippen molar-refractivity contribution in [1.29, 1.82) is 0 Å². The smallest absolute Gasteiger partial charge is 0.319 e. The summed E-state index contributed by atoms with van der Waals surface area (Å²) in [5.74, 6) is 2.25. The molecule has 6 nitrogen and oxygen atoms in total. The highest BCUT2D eigenvalue weighted by Gasteiger charge is 2.34. The van der Waals surface area contributed by atoms with Crippen LogP contribution in [-0.2, 0) is 0 Å². The molecule has 1 aromatic heterocycles. The van der Waals surface area contributed by atoms with E-state index in [2.05, 4.69) is 32.9 Å². The van der Waals surface area contributed by atoms with Crippen LogP contribution in [0.3, 0.4) is 0 Å². The molecule has 3 atom stereocenters. The lowest BCUT2D eigenvalue weighted by atomic mass is 9.91. The van der Waals surface area contributed by atoms with E-state index in [0.717, 1.165) is 42.1 Å². The van der Waals surface area contributed by atoms with Crippen molar-refractivity contribution in [2.24, 2.45) is 17.8 Å². The maximum absolute atomic E-state index is 12.1. The van der Waals surface area contributed by atoms with Gasteiger partial charge in [-0.05, 0) is 55.2 Å². The van der Waals surface area contributed by atoms with Crippen LogP contribution in [0.2, 0.25) is 0 Å². The Kier molecular flexibility index (Phi) is 4.02. The predicted molar refractivity (Wildman–Crippen MR) is 91.8 cm³/mol. The average Bonchev–Trinajstić information content (AvgIpc) is 3.33. The maximum Gasteiger partial charge on any atom is 0.319 e. The number of rotatable bonds is 5. The molecule has 2 aromatic rings. The summed E-state index contributed by atoms with van der Waals surface area (Å²) >= 11 is 0. The van der Waals surface area contributed by atoms with Gasteiger partial charge in [-0.3, -0.25) is 0 Å². The van der Waals surface area contributed by atoms with Crippen molar-refractivity contribution in [2.45, 2.75) is 19.3 Å². The monoisotopic (exact) mass is 323 g/mol. The van der Waals surface area contributed by atoms with Gasteiger partial charge in [0.1, 0.15) is 12.7 Å². The zero-order chi connectivity index (χ0) is 16.4. The molecule has 1 heterocycles. The van der Waals surface area contributed by atoms with E-state index in [1.807, 2.05) is 24.3 Å². The van der Waals surface area contributed by atoms with Crippen LogP contribution < -0.4 is 10.6 Å². The Hall–Kier alpha value is -2.63. The summed E-state index contributed by atoms with van der Waals surface area (Å²) in [5, 5.41) is 9.93. The van der Waals surface area contributed by atoms with Gasteiger partial charge in [0.05, 0.1) is 5.69 Å². The van der Waals surface area contributed by atoms with Gasteiger partial charge in [-0.1, -0.05) is 18.2 Å². The van der Waals surface area contributed by atoms with Crippen molar-refractivity contribution in [1.82, 2.24) is 20.1 Å². The molecule has 2 aliphatic carbocycles. The zero-order valence-electron chi connectivity index (χ0n) is 13.4. The first-order chi connectivity index (χ1) is 11.8. The Bertz CT molecular complexity index is 740. The number of anilines is 1. The van der Waals surface area contributed by atoms with Crippen molar-refractivity contribution >= 4 is 11.7 Å². The number of aromatic nitrogens is 3. The Morgan fingerprint density at radius 1 is 1.29 bits per heavy atom. The van der Waals surface area contributed by atoms with E-state index in [1.165, 1.54) is 19.2 Å². The van der Waals surface area contributed by atoms with Crippen LogP contribution in [0, 0.1) is 17.8 Å². The minimum atomic E-state index is -0.163. The lowest BCUT2D eigenvalue weighted by Crippen LogP contribution is -2.31. The van der Waals surface area contributed by atoms with E-state index in [-0.39, 0.29) is 6.03 Å². The van der Waals surface area contributed by atoms with E-state index in [1.54, 1.807) is 11.0 Å². The first-order valence-corrected chi connectivity index (χ1v) is 8.46. The number of nitrogens with one attached hydrogen (secondary N) is 2. The summed E-state index contributed by atoms with van der Waals surface area (Å²) in [6.45, 7) is 0.719. The second-order valence-electron chi connectivity index (χ2n) is 6.60. The van der Waals surface area contributed by atoms with Crippen LogP contribution in [-0.4, -0.2) is 27.3 Å². The molecule has 0 unspecified atom stereocenters. The number of hydrogen-bond donors (Lipinski definition) is 2. The number of nitrogens with zero attached hydrogens (tertiary/aromatic N) is 3. The molecule has 1 aromatic carbocycles. The van der Waals surface area contributed by atoms with Gasteiger partial charge in [0.2, 0.25) is 0 Å². The first kappa shape index (κ1) is 14.9. The standard InChI is InChI=1S/C18H21N5O/c24-18(20-7-6-15-9-13-4-5-14(15)8-13)22-16-2-1-3-17(10-16)23-12-19-11-21-23/h1-5,10-15H,6-9H2,(H2,20,22,24)/t13-,14+,15-/m1/s1. The maximum atomic E-state index is 12.1. The SMILES string of the molecule is O=C(NCC[C@@H]1C[C@@H]2C=C[C@H]1C2)Nc1cccc(-n2cncn2)c1. The Morgan fingerprint density at radius 3 is 3.00 bits per heavy atom. The molecule has 0 spiro atoms. The summed E-state index contributed by atoms with van der Waals surface area (Å²) < 4.78 is 1.66. The molecule has 2 amide bonds. The third-order valence-corrected chi connectivity index (χ3v) is 5.00. The van der Waals surface area contributed by atoms with Gasteiger partial charge in [0.15, 0.2) is 0 Å². The fourth-order valence-electron chi connectivity index (χ4n) is 3.84. The van der Waals surface area contributed by atoms with Crippen LogP contribution in [0.15, 0.2) is 49.1 Å². The van der Waals surface area contributed by atoms with Crippen molar-refractivity contribution in [3.63, 3.8) is 0 Å². The van der Waals surface area contributed by atoms with E-state index < -0.39 is 0 Å². The lowest BCUT2D eigenvalue weighted by Gasteiger charge is -2.18. The molecule has 0 radical (unpaired) electrons. The number of carbonyl (C=O) groups is 1. The normalized spacial score (nSPS) is 24.2. The molecule has 1 fully saturated rings. The third kappa shape index (κ3) is 3.18. The predicted octanol–water partition coefficient (Wildman–Crippen LogP) is 2.99. The first-order valence-electron chi connectivity index (χ1n) is 8.46. The average molecular weight is 323 g/mol. The van der Waals surface area contributed by atoms with Crippen molar-refractivity contribution in [3.8, 4) is 5.69 Å². The molecule has 0 saturated heterocycles. The fourth-order valence-corrected chi connectivity index (χ4v) is 3.84. The van der Waals surface area contributed by atoms with Gasteiger partial charge in [-0.15, -0.1) is 0 Å². The van der Waals surface area contributed by atoms with Crippen LogP contribution in [0.4, 0.5) is 10.5 Å². The van der Waals surface area contributed by atoms with E-state index in [9.17, 15) is 4.79 Å². The minimum Gasteiger partial charge on any atom is -0.338 e. The second kappa shape index (κ2) is 6.47. The highest BCUT2D eigenvalue weighted by atomic mass is 16.2. The number of hydrogen-bond acceptors (Lipinski definition) is 3. The van der Waals surface area contributed by atoms with Crippen molar-refractivity contribution in [2.75, 3.05) is 11.9 Å². The van der Waals surface area contributed by atoms with Crippen LogP contribution in [0.1, 0.15) is 19.3 Å². The Balaban J connectivity index is 1.27. The number of fused-ring (bicyclic) bond motifs is 2. The highest BCUT2D eigenvalue weighted by molar-refractivity contribution is 5.89. The van der Waals surface area contributed by atoms with Gasteiger partial charge >= 0.3 is 6.03 Å². The topological polar surface area (TPSA) is 71.8 Å². The van der Waals surface area contributed by atoms with Gasteiger partial charge < -0.3 is 10.6 Å². The van der Waals surface area contributed by atoms with Crippen LogP contribution in [0.25, 0.3) is 5.69 Å². The molecule has 0 aliphatic heterocycles. The molecule has 4 rings (SSSR count). The van der Waals surface area contributed by atoms with Crippen LogP contribution in [0.5, 0.6) is 0 Å². The molecule has 2 bridgehead atoms. The second-order valence-corrected chi connectivity index (χ2v) is 6.60. The highest BCUT2D eigenvalue weighted by Crippen LogP contribution is 2.44. The molecule has 24 heavy (non-hydrogen) atoms. The molecule has 2 aliphatic rings. The summed E-state index contributed by atoms with van der Waals surface area (Å²) in [4.78, 5) is 16.0. The molecule has 1 saturated carbocycles. The number of benzene rings is 1. The quantitative estimate of drug-likeness (QED) is 0.831. The number of urea groups is 1. The summed E-state index contributed by atoms with van der Waals surface area (Å²) in [5.41, 5.74) is 1.60. The molecular weight excluding hydrogens is 302 g/mol. The Labute approximate surface area is 141 Å². The molecule has 2 N–H and O–H groups in total. The molecule has 6 heteroatoms. The molecule has 124 valence electrons. The summed E-state index contributed by atoms with van der Waals surface area (Å²) in [6.07, 6.45) is 11.5. The number of carbonyl (C=O) groups excluding carboxylic acids is 1. The molecular formula is C18H21N5O. The minimum absolute atomic E-state index is 0.163. The fraction of sp³-hybridized carbons (Fsp3) is 0.389. The van der Waals surface area contributed by atoms with E-state index >= 15 is 0 Å². The summed E-state index contributed by atoms with van der Waals surface area (Å²) in [7, 11) is 0. The Morgan fingerprint density at radius 2 is 2.25 bits per heavy atom. The van der Waals surface area contributed by atoms with E-state index in [4.69, 9.17) is 0 Å². The lowest BCUT2D eigenvalue weighted by molar-refractivity contribution is 0.250. The third-order valence-electron chi connectivity index (χ3n) is 5.00. The van der Waals surface area contributed by atoms with Gasteiger partial charge in [-0.2, -0.15) is 5.10 Å². The van der Waals surface area contributed by atoms with E-state index in [0.29, 0.717) is 0 Å². The van der Waals surface area contributed by atoms with Crippen molar-refractivity contribution in [3.05, 3.63) is 49.1 Å². The number of amides is 2. The van der Waals surface area contributed by atoms with Gasteiger partial charge in [0.25, 0.3) is 0 Å². The van der Waals surface area contributed by atoms with Gasteiger partial charge in [-0.25, -0.2) is 14.5 Å².